The van der Waals surface area contributed by atoms with Crippen molar-refractivity contribution in [3.05, 3.63) is 113 Å². The van der Waals surface area contributed by atoms with E-state index in [-0.39, 0.29) is 30.1 Å². The van der Waals surface area contributed by atoms with Crippen LogP contribution in [0.4, 0.5) is 11.4 Å². The third kappa shape index (κ3) is 16.7. The number of anilines is 2. The summed E-state index contributed by atoms with van der Waals surface area (Å²) in [6.45, 7) is 7.46. The number of rotatable bonds is 33. The maximum absolute atomic E-state index is 13.9. The third-order valence-electron chi connectivity index (χ3n) is 13.2. The first-order valence-corrected chi connectivity index (χ1v) is 29.5. The Morgan fingerprint density at radius 3 is 2.20 bits per heavy atom. The quantitative estimate of drug-likeness (QED) is 0.0259. The zero-order valence-corrected chi connectivity index (χ0v) is 46.9. The first kappa shape index (κ1) is 58.9. The van der Waals surface area contributed by atoms with Gasteiger partial charge in [-0.25, -0.2) is 9.67 Å². The van der Waals surface area contributed by atoms with E-state index in [1.807, 2.05) is 97.5 Å². The number of H-pyrrole nitrogens is 1. The molecular formula is C57H71N8O12PS. The van der Waals surface area contributed by atoms with Crippen molar-refractivity contribution in [3.63, 3.8) is 0 Å². The van der Waals surface area contributed by atoms with Crippen LogP contribution in [0, 0.1) is 6.92 Å². The van der Waals surface area contributed by atoms with Gasteiger partial charge >= 0.3 is 6.72 Å². The number of carbonyl (C=O) groups excluding carboxylic acids is 2. The van der Waals surface area contributed by atoms with E-state index in [4.69, 9.17) is 49.0 Å². The van der Waals surface area contributed by atoms with Gasteiger partial charge in [0.2, 0.25) is 11.8 Å². The van der Waals surface area contributed by atoms with Crippen LogP contribution in [0.3, 0.4) is 0 Å². The number of aromatic amines is 1. The molecule has 0 saturated carbocycles. The zero-order valence-electron chi connectivity index (χ0n) is 45.2. The number of para-hydroxylation sites is 1. The SMILES string of the molecule is CCOP(O)(=S)OCCCCCCNC(=O)CCC(=O)N1Cc2ccccc2-c2c(nnn2CCOCCOCCOCCOCCOCCN(C)c2ccc(-c3cc(=O)c4ccc5[nH]c(C)nc5c4o3)cc2)-c2ccccc21. The minimum atomic E-state index is -3.15. The van der Waals surface area contributed by atoms with Gasteiger partial charge in [0.25, 0.3) is 0 Å². The van der Waals surface area contributed by atoms with Crippen LogP contribution in [0.2, 0.25) is 0 Å². The molecule has 1 aliphatic rings. The average Bonchev–Trinajstić information content (AvgIpc) is 4.21. The van der Waals surface area contributed by atoms with Crippen molar-refractivity contribution in [2.24, 2.45) is 0 Å². The first-order valence-electron chi connectivity index (χ1n) is 26.9. The van der Waals surface area contributed by atoms with Crippen molar-refractivity contribution in [2.75, 3.05) is 109 Å². The molecule has 22 heteroatoms. The molecule has 8 rings (SSSR count). The van der Waals surface area contributed by atoms with Gasteiger partial charge in [-0.3, -0.25) is 14.4 Å². The van der Waals surface area contributed by atoms with E-state index in [2.05, 4.69) is 30.5 Å². The molecule has 0 bridgehead atoms. The largest absolute Gasteiger partial charge is 0.453 e. The lowest BCUT2D eigenvalue weighted by molar-refractivity contribution is -0.125. The maximum atomic E-state index is 13.9. The minimum Gasteiger partial charge on any atom is -0.453 e. The number of ether oxygens (including phenoxy) is 5. The Hall–Kier alpha value is -6.23. The fourth-order valence-corrected chi connectivity index (χ4v) is 10.4. The fourth-order valence-electron chi connectivity index (χ4n) is 9.12. The number of unbranched alkanes of at least 4 members (excludes halogenated alkanes) is 3. The van der Waals surface area contributed by atoms with Crippen molar-refractivity contribution in [1.29, 1.82) is 0 Å². The molecule has 422 valence electrons. The Labute approximate surface area is 464 Å². The van der Waals surface area contributed by atoms with Gasteiger partial charge in [-0.05, 0) is 86.5 Å². The molecule has 1 aliphatic heterocycles. The molecule has 0 spiro atoms. The number of benzene rings is 4. The van der Waals surface area contributed by atoms with E-state index in [9.17, 15) is 19.3 Å². The summed E-state index contributed by atoms with van der Waals surface area (Å²) in [5, 5.41) is 12.6. The lowest BCUT2D eigenvalue weighted by Crippen LogP contribution is -2.33. The van der Waals surface area contributed by atoms with Gasteiger partial charge in [0, 0.05) is 61.4 Å². The summed E-state index contributed by atoms with van der Waals surface area (Å²) in [5.41, 5.74) is 8.48. The average molecular weight is 1120 g/mol. The molecule has 0 radical (unpaired) electrons. The van der Waals surface area contributed by atoms with Crippen molar-refractivity contribution in [3.8, 4) is 33.8 Å². The number of nitrogens with one attached hydrogen (secondary N) is 2. The highest BCUT2D eigenvalue weighted by atomic mass is 32.5. The number of imidazole rings is 1. The van der Waals surface area contributed by atoms with Crippen LogP contribution in [0.1, 0.15) is 56.8 Å². The molecule has 0 saturated heterocycles. The number of fused-ring (bicyclic) bond motifs is 8. The van der Waals surface area contributed by atoms with Gasteiger partial charge in [0.05, 0.1) is 115 Å². The number of hydrogen-bond donors (Lipinski definition) is 3. The summed E-state index contributed by atoms with van der Waals surface area (Å²) in [6, 6.07) is 28.6. The Morgan fingerprint density at radius 2 is 1.47 bits per heavy atom. The second kappa shape index (κ2) is 29.8. The number of nitrogens with zero attached hydrogens (tertiary/aromatic N) is 6. The Kier molecular flexibility index (Phi) is 22.2. The van der Waals surface area contributed by atoms with Gasteiger partial charge in [0.1, 0.15) is 22.8 Å². The predicted octanol–water partition coefficient (Wildman–Crippen LogP) is 8.36. The zero-order chi connectivity index (χ0) is 55.4. The summed E-state index contributed by atoms with van der Waals surface area (Å²) in [5.74, 6) is 0.906. The molecule has 1 unspecified atom stereocenters. The van der Waals surface area contributed by atoms with E-state index < -0.39 is 6.72 Å². The van der Waals surface area contributed by atoms with Crippen LogP contribution >= 0.6 is 6.72 Å². The molecule has 20 nitrogen and oxygen atoms in total. The molecule has 3 N–H and O–H groups in total. The minimum absolute atomic E-state index is 0.0452. The van der Waals surface area contributed by atoms with E-state index in [1.165, 1.54) is 6.07 Å². The number of aromatic nitrogens is 5. The molecule has 0 fully saturated rings. The monoisotopic (exact) mass is 1120 g/mol. The molecule has 79 heavy (non-hydrogen) atoms. The fraction of sp³-hybridized carbons (Fsp3) is 0.439. The van der Waals surface area contributed by atoms with Crippen molar-refractivity contribution in [1.82, 2.24) is 30.3 Å². The lowest BCUT2D eigenvalue weighted by atomic mass is 9.95. The molecule has 2 amide bonds. The Morgan fingerprint density at radius 1 is 0.797 bits per heavy atom. The van der Waals surface area contributed by atoms with E-state index >= 15 is 0 Å². The highest BCUT2D eigenvalue weighted by molar-refractivity contribution is 8.07. The molecule has 4 aromatic carbocycles. The third-order valence-corrected chi connectivity index (χ3v) is 14.9. The highest BCUT2D eigenvalue weighted by Gasteiger charge is 2.29. The van der Waals surface area contributed by atoms with Crippen molar-refractivity contribution in [2.45, 2.75) is 65.5 Å². The standard InChI is InChI=1S/C57H71N8O12PS/c1-4-75-78(69,79)76-28-12-6-5-11-25-58-52(67)23-24-53(68)64-40-43-13-7-8-14-45(43)56-54(46-15-9-10-16-49(46)64)61-62-65(56)27-30-71-32-34-73-36-38-74-37-35-72-33-31-70-29-26-63(3)44-19-17-42(18-20-44)51-39-50(66)47-21-22-48-55(57(47)77-51)60-41(2)59-48/h7-10,13-22,39H,4-6,11-12,23-38,40H2,1-3H3,(H,58,67)(H,59,60)(H,69,79). The molecule has 1 atom stereocenters. The summed E-state index contributed by atoms with van der Waals surface area (Å²) >= 11 is 4.93. The normalized spacial score (nSPS) is 12.9. The van der Waals surface area contributed by atoms with Gasteiger partial charge in [0.15, 0.2) is 11.0 Å². The topological polar surface area (TPSA) is 227 Å². The van der Waals surface area contributed by atoms with Crippen molar-refractivity contribution < 1.29 is 51.6 Å². The summed E-state index contributed by atoms with van der Waals surface area (Å²) in [4.78, 5) is 61.1. The number of aryl methyl sites for hydroxylation is 1. The van der Waals surface area contributed by atoms with Gasteiger partial charge < -0.3 is 62.1 Å². The lowest BCUT2D eigenvalue weighted by Gasteiger charge is -2.28. The van der Waals surface area contributed by atoms with E-state index in [0.29, 0.717) is 139 Å². The summed E-state index contributed by atoms with van der Waals surface area (Å²) < 4.78 is 47.3. The maximum Gasteiger partial charge on any atom is 0.324 e. The van der Waals surface area contributed by atoms with Crippen LogP contribution in [0.15, 0.2) is 100 Å². The number of carbonyl (C=O) groups is 2. The van der Waals surface area contributed by atoms with Crippen molar-refractivity contribution >= 4 is 63.7 Å². The van der Waals surface area contributed by atoms with E-state index in [1.54, 1.807) is 17.9 Å². The van der Waals surface area contributed by atoms with Crippen LogP contribution < -0.4 is 20.5 Å². The van der Waals surface area contributed by atoms with E-state index in [0.717, 1.165) is 70.7 Å². The highest BCUT2D eigenvalue weighted by Crippen LogP contribution is 2.44. The summed E-state index contributed by atoms with van der Waals surface area (Å²) in [7, 11) is 2.00. The molecule has 3 aromatic heterocycles. The first-order chi connectivity index (χ1) is 38.5. The smallest absolute Gasteiger partial charge is 0.324 e. The van der Waals surface area contributed by atoms with Crippen LogP contribution in [-0.2, 0) is 67.2 Å². The Bertz CT molecular complexity index is 3210. The molecule has 7 aromatic rings. The Balaban J connectivity index is 0.671. The van der Waals surface area contributed by atoms with Gasteiger partial charge in [-0.15, -0.1) is 5.10 Å². The molecule has 4 heterocycles. The van der Waals surface area contributed by atoms with Crippen LogP contribution in [-0.4, -0.2) is 141 Å². The van der Waals surface area contributed by atoms with Crippen LogP contribution in [0.5, 0.6) is 0 Å². The molecule has 0 aliphatic carbocycles. The van der Waals surface area contributed by atoms with Crippen LogP contribution in [0.25, 0.3) is 55.8 Å². The second-order valence-electron chi connectivity index (χ2n) is 18.8. The van der Waals surface area contributed by atoms with Gasteiger partial charge in [-0.1, -0.05) is 60.5 Å². The summed E-state index contributed by atoms with van der Waals surface area (Å²) in [6.07, 6.45) is 3.36. The van der Waals surface area contributed by atoms with Gasteiger partial charge in [-0.2, -0.15) is 0 Å². The number of likely N-dealkylation sites (N-methyl/N-ethyl adjacent to an activating group) is 1. The molecular weight excluding hydrogens is 1050 g/mol. The number of hydrogen-bond acceptors (Lipinski definition) is 16. The second-order valence-corrected chi connectivity index (χ2v) is 21.7. The predicted molar refractivity (Wildman–Crippen MR) is 307 cm³/mol. The number of amides is 2.